The third kappa shape index (κ3) is 4.12. The highest BCUT2D eigenvalue weighted by Crippen LogP contribution is 2.25. The number of rotatable bonds is 7. The van der Waals surface area contributed by atoms with E-state index < -0.39 is 0 Å². The van der Waals surface area contributed by atoms with Crippen LogP contribution < -0.4 is 15.8 Å². The second kappa shape index (κ2) is 7.53. The molecule has 0 aliphatic heterocycles. The molecule has 0 fully saturated rings. The number of benzene rings is 1. The number of aromatic nitrogens is 1. The molecule has 0 bridgehead atoms. The van der Waals surface area contributed by atoms with Gasteiger partial charge >= 0.3 is 0 Å². The van der Waals surface area contributed by atoms with E-state index in [1.165, 1.54) is 5.56 Å². The van der Waals surface area contributed by atoms with Gasteiger partial charge in [0.2, 0.25) is 5.88 Å². The molecule has 112 valence electrons. The molecule has 3 N–H and O–H groups in total. The lowest BCUT2D eigenvalue weighted by atomic mass is 10.1. The first-order valence-electron chi connectivity index (χ1n) is 7.48. The first-order chi connectivity index (χ1) is 10.2. The van der Waals surface area contributed by atoms with E-state index in [0.29, 0.717) is 18.2 Å². The maximum Gasteiger partial charge on any atom is 0.239 e. The fourth-order valence-corrected chi connectivity index (χ4v) is 2.10. The third-order valence-corrected chi connectivity index (χ3v) is 3.13. The number of aryl methyl sites for hydroxylation is 1. The van der Waals surface area contributed by atoms with E-state index in [-0.39, 0.29) is 0 Å². The number of hydrogen-bond acceptors (Lipinski definition) is 4. The summed E-state index contributed by atoms with van der Waals surface area (Å²) >= 11 is 0. The minimum atomic E-state index is 0.495. The van der Waals surface area contributed by atoms with Gasteiger partial charge in [-0.2, -0.15) is 4.98 Å². The number of pyridine rings is 1. The summed E-state index contributed by atoms with van der Waals surface area (Å²) < 4.78 is 5.57. The molecule has 0 amide bonds. The molecule has 4 heteroatoms. The van der Waals surface area contributed by atoms with Crippen molar-refractivity contribution < 1.29 is 4.74 Å². The summed E-state index contributed by atoms with van der Waals surface area (Å²) in [5, 5.41) is 3.35. The highest BCUT2D eigenvalue weighted by Gasteiger charge is 2.06. The zero-order valence-electron chi connectivity index (χ0n) is 12.7. The Balaban J connectivity index is 2.19. The standard InChI is InChI=1S/C17H23N3O/c1-3-7-13-8-5-6-9-15(13)19-16-11-10-14(18)17(20-16)21-12-4-2/h5-6,8-11H,3-4,7,12,18H2,1-2H3,(H,19,20). The Morgan fingerprint density at radius 2 is 1.90 bits per heavy atom. The molecule has 2 rings (SSSR count). The van der Waals surface area contributed by atoms with Gasteiger partial charge in [-0.15, -0.1) is 0 Å². The average molecular weight is 285 g/mol. The Labute approximate surface area is 126 Å². The quantitative estimate of drug-likeness (QED) is 0.802. The van der Waals surface area contributed by atoms with Gasteiger partial charge < -0.3 is 15.8 Å². The average Bonchev–Trinajstić information content (AvgIpc) is 2.50. The van der Waals surface area contributed by atoms with Crippen molar-refractivity contribution in [2.75, 3.05) is 17.7 Å². The Morgan fingerprint density at radius 3 is 2.67 bits per heavy atom. The minimum absolute atomic E-state index is 0.495. The first-order valence-corrected chi connectivity index (χ1v) is 7.48. The second-order valence-corrected chi connectivity index (χ2v) is 4.97. The van der Waals surface area contributed by atoms with Crippen molar-refractivity contribution in [3.8, 4) is 5.88 Å². The van der Waals surface area contributed by atoms with Crippen LogP contribution in [0.4, 0.5) is 17.2 Å². The maximum atomic E-state index is 5.89. The van der Waals surface area contributed by atoms with Crippen molar-refractivity contribution in [2.24, 2.45) is 0 Å². The van der Waals surface area contributed by atoms with Crippen LogP contribution in [0.3, 0.4) is 0 Å². The molecule has 0 spiro atoms. The van der Waals surface area contributed by atoms with Crippen LogP contribution in [0.2, 0.25) is 0 Å². The van der Waals surface area contributed by atoms with Gasteiger partial charge in [0, 0.05) is 5.69 Å². The molecule has 0 aliphatic rings. The molecule has 0 radical (unpaired) electrons. The summed E-state index contributed by atoms with van der Waals surface area (Å²) in [5.41, 5.74) is 8.82. The van der Waals surface area contributed by atoms with E-state index in [2.05, 4.69) is 42.3 Å². The Kier molecular flexibility index (Phi) is 5.43. The summed E-state index contributed by atoms with van der Waals surface area (Å²) in [5.74, 6) is 1.24. The third-order valence-electron chi connectivity index (χ3n) is 3.13. The van der Waals surface area contributed by atoms with Gasteiger partial charge in [-0.05, 0) is 36.6 Å². The molecule has 2 aromatic rings. The van der Waals surface area contributed by atoms with E-state index in [9.17, 15) is 0 Å². The molecule has 0 unspecified atom stereocenters. The number of ether oxygens (including phenoxy) is 1. The van der Waals surface area contributed by atoms with Gasteiger partial charge in [0.05, 0.1) is 12.3 Å². The van der Waals surface area contributed by atoms with Crippen LogP contribution in [-0.2, 0) is 6.42 Å². The number of nitrogens with zero attached hydrogens (tertiary/aromatic N) is 1. The predicted octanol–water partition coefficient (Wildman–Crippen LogP) is 4.15. The monoisotopic (exact) mass is 285 g/mol. The van der Waals surface area contributed by atoms with Gasteiger partial charge in [-0.25, -0.2) is 0 Å². The number of nitrogens with two attached hydrogens (primary N) is 1. The molecule has 1 aromatic carbocycles. The zero-order chi connectivity index (χ0) is 15.1. The second-order valence-electron chi connectivity index (χ2n) is 4.97. The highest BCUT2D eigenvalue weighted by molar-refractivity contribution is 5.63. The van der Waals surface area contributed by atoms with Crippen LogP contribution in [0.25, 0.3) is 0 Å². The number of nitrogens with one attached hydrogen (secondary N) is 1. The Morgan fingerprint density at radius 1 is 1.10 bits per heavy atom. The molecule has 21 heavy (non-hydrogen) atoms. The molecule has 1 heterocycles. The molecular weight excluding hydrogens is 262 g/mol. The molecule has 1 aromatic heterocycles. The van der Waals surface area contributed by atoms with Crippen molar-refractivity contribution in [3.05, 3.63) is 42.0 Å². The molecular formula is C17H23N3O. The Bertz CT molecular complexity index is 584. The van der Waals surface area contributed by atoms with Gasteiger partial charge in [0.25, 0.3) is 0 Å². The van der Waals surface area contributed by atoms with E-state index in [0.717, 1.165) is 30.8 Å². The van der Waals surface area contributed by atoms with E-state index in [1.807, 2.05) is 18.2 Å². The van der Waals surface area contributed by atoms with Gasteiger partial charge in [0.15, 0.2) is 0 Å². The summed E-state index contributed by atoms with van der Waals surface area (Å²) in [6, 6.07) is 12.0. The summed E-state index contributed by atoms with van der Waals surface area (Å²) in [7, 11) is 0. The molecule has 0 atom stereocenters. The minimum Gasteiger partial charge on any atom is -0.476 e. The zero-order valence-corrected chi connectivity index (χ0v) is 12.7. The van der Waals surface area contributed by atoms with Crippen LogP contribution >= 0.6 is 0 Å². The van der Waals surface area contributed by atoms with E-state index >= 15 is 0 Å². The normalized spacial score (nSPS) is 10.4. The van der Waals surface area contributed by atoms with Crippen molar-refractivity contribution in [1.82, 2.24) is 4.98 Å². The van der Waals surface area contributed by atoms with Gasteiger partial charge in [0.1, 0.15) is 5.82 Å². The van der Waals surface area contributed by atoms with Crippen molar-refractivity contribution in [2.45, 2.75) is 33.1 Å². The lowest BCUT2D eigenvalue weighted by molar-refractivity contribution is 0.307. The van der Waals surface area contributed by atoms with Crippen LogP contribution in [0.1, 0.15) is 32.3 Å². The molecule has 0 saturated carbocycles. The van der Waals surface area contributed by atoms with Crippen molar-refractivity contribution in [1.29, 1.82) is 0 Å². The lowest BCUT2D eigenvalue weighted by Gasteiger charge is -2.13. The van der Waals surface area contributed by atoms with Gasteiger partial charge in [-0.3, -0.25) is 0 Å². The first kappa shape index (κ1) is 15.2. The van der Waals surface area contributed by atoms with Crippen LogP contribution in [-0.4, -0.2) is 11.6 Å². The smallest absolute Gasteiger partial charge is 0.239 e. The number of para-hydroxylation sites is 1. The summed E-state index contributed by atoms with van der Waals surface area (Å²) in [6.45, 7) is 4.85. The van der Waals surface area contributed by atoms with E-state index in [4.69, 9.17) is 10.5 Å². The topological polar surface area (TPSA) is 60.2 Å². The summed E-state index contributed by atoms with van der Waals surface area (Å²) in [6.07, 6.45) is 3.08. The van der Waals surface area contributed by atoms with Gasteiger partial charge in [-0.1, -0.05) is 38.5 Å². The predicted molar refractivity (Wildman–Crippen MR) is 88.2 cm³/mol. The number of nitrogen functional groups attached to an aromatic ring is 1. The summed E-state index contributed by atoms with van der Waals surface area (Å²) in [4.78, 5) is 4.45. The molecule has 4 nitrogen and oxygen atoms in total. The SMILES string of the molecule is CCCOc1nc(Nc2ccccc2CCC)ccc1N. The van der Waals surface area contributed by atoms with Crippen LogP contribution in [0, 0.1) is 0 Å². The van der Waals surface area contributed by atoms with Crippen molar-refractivity contribution in [3.63, 3.8) is 0 Å². The maximum absolute atomic E-state index is 5.89. The van der Waals surface area contributed by atoms with E-state index in [1.54, 1.807) is 0 Å². The fraction of sp³-hybridized carbons (Fsp3) is 0.353. The molecule has 0 aliphatic carbocycles. The highest BCUT2D eigenvalue weighted by atomic mass is 16.5. The molecule has 0 saturated heterocycles. The fourth-order valence-electron chi connectivity index (χ4n) is 2.10. The van der Waals surface area contributed by atoms with Crippen LogP contribution in [0.5, 0.6) is 5.88 Å². The largest absolute Gasteiger partial charge is 0.476 e. The van der Waals surface area contributed by atoms with Crippen molar-refractivity contribution >= 4 is 17.2 Å². The lowest BCUT2D eigenvalue weighted by Crippen LogP contribution is -2.04. The number of hydrogen-bond donors (Lipinski definition) is 2. The van der Waals surface area contributed by atoms with Crippen LogP contribution in [0.15, 0.2) is 36.4 Å². The number of anilines is 3. The Hall–Kier alpha value is -2.23.